The van der Waals surface area contributed by atoms with E-state index in [0.29, 0.717) is 26.2 Å². The van der Waals surface area contributed by atoms with Gasteiger partial charge < -0.3 is 15.2 Å². The van der Waals surface area contributed by atoms with Gasteiger partial charge in [-0.25, -0.2) is 8.78 Å². The number of carboxylic acids is 1. The maximum Gasteiger partial charge on any atom is 0.308 e. The van der Waals surface area contributed by atoms with Crippen LogP contribution in [0.5, 0.6) is 0 Å². The molecule has 0 amide bonds. The van der Waals surface area contributed by atoms with E-state index in [0.717, 1.165) is 12.8 Å². The van der Waals surface area contributed by atoms with Gasteiger partial charge in [-0.2, -0.15) is 0 Å². The first kappa shape index (κ1) is 18.8. The summed E-state index contributed by atoms with van der Waals surface area (Å²) in [5.74, 6) is -2.22. The Labute approximate surface area is 141 Å². The lowest BCUT2D eigenvalue weighted by atomic mass is 9.85. The van der Waals surface area contributed by atoms with E-state index in [2.05, 4.69) is 5.32 Å². The van der Waals surface area contributed by atoms with Gasteiger partial charge in [-0.05, 0) is 50.7 Å². The van der Waals surface area contributed by atoms with Crippen LogP contribution in [0.3, 0.4) is 0 Å². The van der Waals surface area contributed by atoms with Crippen LogP contribution in [0.2, 0.25) is 0 Å². The van der Waals surface area contributed by atoms with Gasteiger partial charge in [-0.1, -0.05) is 6.07 Å². The zero-order chi connectivity index (χ0) is 17.5. The summed E-state index contributed by atoms with van der Waals surface area (Å²) in [6, 6.07) is 3.83. The first-order valence-electron chi connectivity index (χ1n) is 8.46. The van der Waals surface area contributed by atoms with Gasteiger partial charge >= 0.3 is 5.97 Å². The quantitative estimate of drug-likeness (QED) is 0.763. The second-order valence-electron chi connectivity index (χ2n) is 6.44. The van der Waals surface area contributed by atoms with Crippen LogP contribution in [0.1, 0.15) is 31.7 Å². The van der Waals surface area contributed by atoms with Gasteiger partial charge in [0.15, 0.2) is 0 Å². The van der Waals surface area contributed by atoms with Gasteiger partial charge in [0, 0.05) is 31.4 Å². The second kappa shape index (κ2) is 9.08. The smallest absolute Gasteiger partial charge is 0.308 e. The van der Waals surface area contributed by atoms with Crippen LogP contribution in [-0.2, 0) is 16.0 Å². The molecule has 24 heavy (non-hydrogen) atoms. The van der Waals surface area contributed by atoms with Crippen molar-refractivity contribution in [3.05, 3.63) is 35.4 Å². The standard InChI is InChI=1S/C18H25F2NO3/c1-12(5-6-14-16(19)3-2-4-17(14)20)21-11-15(18(22)23)13-7-9-24-10-8-13/h2-4,12-13,15,21H,5-11H2,1H3,(H,22,23). The predicted molar refractivity (Wildman–Crippen MR) is 86.8 cm³/mol. The lowest BCUT2D eigenvalue weighted by molar-refractivity contribution is -0.144. The van der Waals surface area contributed by atoms with Crippen LogP contribution in [0.15, 0.2) is 18.2 Å². The van der Waals surface area contributed by atoms with Crippen molar-refractivity contribution < 1.29 is 23.4 Å². The number of hydrogen-bond acceptors (Lipinski definition) is 3. The molecule has 1 heterocycles. The molecule has 0 aromatic heterocycles. The van der Waals surface area contributed by atoms with Gasteiger partial charge in [0.1, 0.15) is 11.6 Å². The molecule has 1 aromatic rings. The Morgan fingerprint density at radius 2 is 1.96 bits per heavy atom. The van der Waals surface area contributed by atoms with E-state index in [1.54, 1.807) is 0 Å². The molecule has 1 aliphatic heterocycles. The number of carbonyl (C=O) groups is 1. The first-order chi connectivity index (χ1) is 11.5. The highest BCUT2D eigenvalue weighted by atomic mass is 19.1. The Balaban J connectivity index is 1.82. The minimum atomic E-state index is -0.804. The largest absolute Gasteiger partial charge is 0.481 e. The average molecular weight is 341 g/mol. The number of aliphatic carboxylic acids is 1. The molecule has 0 bridgehead atoms. The van der Waals surface area contributed by atoms with Crippen molar-refractivity contribution in [1.29, 1.82) is 0 Å². The van der Waals surface area contributed by atoms with Crippen LogP contribution < -0.4 is 5.32 Å². The fourth-order valence-corrected chi connectivity index (χ4v) is 3.14. The number of carboxylic acid groups (broad SMARTS) is 1. The Morgan fingerprint density at radius 1 is 1.33 bits per heavy atom. The maximum atomic E-state index is 13.6. The summed E-state index contributed by atoms with van der Waals surface area (Å²) in [5, 5.41) is 12.6. The SMILES string of the molecule is CC(CCc1c(F)cccc1F)NCC(C(=O)O)C1CCOCC1. The number of benzene rings is 1. The lowest BCUT2D eigenvalue weighted by Gasteiger charge is -2.28. The van der Waals surface area contributed by atoms with Crippen molar-refractivity contribution in [3.8, 4) is 0 Å². The molecule has 0 radical (unpaired) electrons. The average Bonchev–Trinajstić information content (AvgIpc) is 2.55. The molecular weight excluding hydrogens is 316 g/mol. The molecule has 0 aliphatic carbocycles. The van der Waals surface area contributed by atoms with Crippen LogP contribution in [-0.4, -0.2) is 36.9 Å². The Kier molecular flexibility index (Phi) is 7.12. The molecular formula is C18H25F2NO3. The van der Waals surface area contributed by atoms with Crippen LogP contribution in [0.25, 0.3) is 0 Å². The minimum Gasteiger partial charge on any atom is -0.481 e. The van der Waals surface area contributed by atoms with Crippen molar-refractivity contribution >= 4 is 5.97 Å². The lowest BCUT2D eigenvalue weighted by Crippen LogP contribution is -2.40. The highest BCUT2D eigenvalue weighted by Crippen LogP contribution is 2.24. The summed E-state index contributed by atoms with van der Waals surface area (Å²) >= 11 is 0. The molecule has 1 fully saturated rings. The third kappa shape index (κ3) is 5.24. The number of hydrogen-bond donors (Lipinski definition) is 2. The number of halogens is 2. The van der Waals surface area contributed by atoms with Crippen molar-refractivity contribution in [2.45, 2.75) is 38.6 Å². The van der Waals surface area contributed by atoms with Gasteiger partial charge in [0.2, 0.25) is 0 Å². The first-order valence-corrected chi connectivity index (χ1v) is 8.46. The summed E-state index contributed by atoms with van der Waals surface area (Å²) in [5.41, 5.74) is 0.0883. The van der Waals surface area contributed by atoms with Crippen LogP contribution >= 0.6 is 0 Å². The molecule has 4 nitrogen and oxygen atoms in total. The van der Waals surface area contributed by atoms with Crippen molar-refractivity contribution in [2.75, 3.05) is 19.8 Å². The van der Waals surface area contributed by atoms with E-state index in [4.69, 9.17) is 4.74 Å². The molecule has 2 N–H and O–H groups in total. The Hall–Kier alpha value is -1.53. The van der Waals surface area contributed by atoms with Gasteiger partial charge in [0.25, 0.3) is 0 Å². The molecule has 134 valence electrons. The van der Waals surface area contributed by atoms with Crippen LogP contribution in [0, 0.1) is 23.5 Å². The van der Waals surface area contributed by atoms with Crippen LogP contribution in [0.4, 0.5) is 8.78 Å². The molecule has 0 spiro atoms. The summed E-state index contributed by atoms with van der Waals surface area (Å²) in [4.78, 5) is 11.5. The maximum absolute atomic E-state index is 13.6. The van der Waals surface area contributed by atoms with E-state index in [9.17, 15) is 18.7 Å². The zero-order valence-corrected chi connectivity index (χ0v) is 13.9. The molecule has 2 rings (SSSR count). The van der Waals surface area contributed by atoms with E-state index in [-0.39, 0.29) is 23.9 Å². The van der Waals surface area contributed by atoms with Crippen molar-refractivity contribution in [1.82, 2.24) is 5.32 Å². The van der Waals surface area contributed by atoms with Gasteiger partial charge in [-0.3, -0.25) is 4.79 Å². The van der Waals surface area contributed by atoms with Crippen molar-refractivity contribution in [2.24, 2.45) is 11.8 Å². The highest BCUT2D eigenvalue weighted by Gasteiger charge is 2.29. The summed E-state index contributed by atoms with van der Waals surface area (Å²) in [7, 11) is 0. The summed E-state index contributed by atoms with van der Waals surface area (Å²) < 4.78 is 32.5. The minimum absolute atomic E-state index is 0.0225. The van der Waals surface area contributed by atoms with Gasteiger partial charge in [-0.15, -0.1) is 0 Å². The summed E-state index contributed by atoms with van der Waals surface area (Å²) in [6.45, 7) is 3.48. The third-order valence-corrected chi connectivity index (χ3v) is 4.73. The fraction of sp³-hybridized carbons (Fsp3) is 0.611. The molecule has 0 saturated carbocycles. The van der Waals surface area contributed by atoms with E-state index in [1.165, 1.54) is 18.2 Å². The highest BCUT2D eigenvalue weighted by molar-refractivity contribution is 5.70. The molecule has 6 heteroatoms. The summed E-state index contributed by atoms with van der Waals surface area (Å²) in [6.07, 6.45) is 2.33. The van der Waals surface area contributed by atoms with E-state index < -0.39 is 23.5 Å². The molecule has 1 aromatic carbocycles. The number of nitrogens with one attached hydrogen (secondary N) is 1. The predicted octanol–water partition coefficient (Wildman–Crippen LogP) is 3.00. The number of rotatable bonds is 8. The Morgan fingerprint density at radius 3 is 2.54 bits per heavy atom. The zero-order valence-electron chi connectivity index (χ0n) is 13.9. The molecule has 1 saturated heterocycles. The normalized spacial score (nSPS) is 18.3. The third-order valence-electron chi connectivity index (χ3n) is 4.73. The number of ether oxygens (including phenoxy) is 1. The fourth-order valence-electron chi connectivity index (χ4n) is 3.14. The molecule has 2 unspecified atom stereocenters. The van der Waals surface area contributed by atoms with E-state index >= 15 is 0 Å². The topological polar surface area (TPSA) is 58.6 Å². The Bertz CT molecular complexity index is 527. The molecule has 2 atom stereocenters. The van der Waals surface area contributed by atoms with E-state index in [1.807, 2.05) is 6.92 Å². The second-order valence-corrected chi connectivity index (χ2v) is 6.44. The van der Waals surface area contributed by atoms with Crippen molar-refractivity contribution in [3.63, 3.8) is 0 Å². The van der Waals surface area contributed by atoms with Gasteiger partial charge in [0.05, 0.1) is 5.92 Å². The molecule has 1 aliphatic rings. The monoisotopic (exact) mass is 341 g/mol.